The number of methoxy groups -OCH3 is 2. The van der Waals surface area contributed by atoms with Crippen LogP contribution in [-0.4, -0.2) is 43.5 Å². The van der Waals surface area contributed by atoms with E-state index in [1.807, 2.05) is 54.6 Å². The summed E-state index contributed by atoms with van der Waals surface area (Å²) >= 11 is 0. The quantitative estimate of drug-likeness (QED) is 0.704. The average Bonchev–Trinajstić information content (AvgIpc) is 3.27. The predicted octanol–water partition coefficient (Wildman–Crippen LogP) is 3.61. The second-order valence-electron chi connectivity index (χ2n) is 7.40. The van der Waals surface area contributed by atoms with E-state index in [9.17, 15) is 9.59 Å². The van der Waals surface area contributed by atoms with Crippen LogP contribution in [0, 0.1) is 0 Å². The number of rotatable bonds is 5. The van der Waals surface area contributed by atoms with Gasteiger partial charge in [0.2, 0.25) is 5.91 Å². The zero-order valence-corrected chi connectivity index (χ0v) is 17.1. The highest BCUT2D eigenvalue weighted by atomic mass is 16.5. The molecular weight excluding hydrogens is 380 g/mol. The summed E-state index contributed by atoms with van der Waals surface area (Å²) in [5, 5.41) is 1.95. The molecule has 0 saturated carbocycles. The lowest BCUT2D eigenvalue weighted by Crippen LogP contribution is -2.43. The third-order valence-electron chi connectivity index (χ3n) is 5.63. The Morgan fingerprint density at radius 1 is 1.00 bits per heavy atom. The Kier molecular flexibility index (Phi) is 5.31. The highest BCUT2D eigenvalue weighted by Gasteiger charge is 2.33. The first kappa shape index (κ1) is 19.8. The topological polar surface area (TPSA) is 81.9 Å². The molecule has 154 valence electrons. The maximum absolute atomic E-state index is 13.0. The summed E-state index contributed by atoms with van der Waals surface area (Å²) < 4.78 is 10.8. The first-order chi connectivity index (χ1) is 14.5. The van der Waals surface area contributed by atoms with Crippen LogP contribution >= 0.6 is 0 Å². The Morgan fingerprint density at radius 3 is 2.40 bits per heavy atom. The van der Waals surface area contributed by atoms with Crippen LogP contribution in [0.15, 0.2) is 54.6 Å². The SMILES string of the molecule is COc1cc(OC)cc(-c2cccc3cc(C(=O)N4CCC[C@H]4C(N)=O)ccc23)c1. The molecule has 0 radical (unpaired) electrons. The molecule has 1 aliphatic heterocycles. The third-order valence-corrected chi connectivity index (χ3v) is 5.63. The first-order valence-corrected chi connectivity index (χ1v) is 9.88. The van der Waals surface area contributed by atoms with Gasteiger partial charge < -0.3 is 20.1 Å². The summed E-state index contributed by atoms with van der Waals surface area (Å²) in [6.45, 7) is 0.550. The van der Waals surface area contributed by atoms with E-state index in [0.29, 0.717) is 30.0 Å². The van der Waals surface area contributed by atoms with Crippen molar-refractivity contribution in [2.75, 3.05) is 20.8 Å². The molecule has 1 atom stereocenters. The molecule has 6 nitrogen and oxygen atoms in total. The fraction of sp³-hybridized carbons (Fsp3) is 0.250. The smallest absolute Gasteiger partial charge is 0.254 e. The number of hydrogen-bond acceptors (Lipinski definition) is 4. The lowest BCUT2D eigenvalue weighted by Gasteiger charge is -2.22. The minimum atomic E-state index is -0.524. The van der Waals surface area contributed by atoms with Crippen LogP contribution in [0.1, 0.15) is 23.2 Å². The van der Waals surface area contributed by atoms with Crippen molar-refractivity contribution in [2.24, 2.45) is 5.73 Å². The van der Waals surface area contributed by atoms with Gasteiger partial charge in [0.1, 0.15) is 17.5 Å². The fourth-order valence-corrected chi connectivity index (χ4v) is 4.10. The van der Waals surface area contributed by atoms with Crippen molar-refractivity contribution in [2.45, 2.75) is 18.9 Å². The number of benzene rings is 3. The standard InChI is InChI=1S/C24H24N2O4/c1-29-18-12-17(13-19(14-18)30-2)20-6-3-5-15-11-16(8-9-21(15)20)24(28)26-10-4-7-22(26)23(25)27/h3,5-6,8-9,11-14,22H,4,7,10H2,1-2H3,(H2,25,27)/t22-/m0/s1. The largest absolute Gasteiger partial charge is 0.497 e. The number of primary amides is 1. The van der Waals surface area contributed by atoms with E-state index in [1.165, 1.54) is 0 Å². The second kappa shape index (κ2) is 8.06. The van der Waals surface area contributed by atoms with Crippen molar-refractivity contribution in [1.82, 2.24) is 4.90 Å². The molecular formula is C24H24N2O4. The molecule has 1 aliphatic rings. The number of carbonyl (C=O) groups is 2. The van der Waals surface area contributed by atoms with Crippen molar-refractivity contribution in [1.29, 1.82) is 0 Å². The highest BCUT2D eigenvalue weighted by Crippen LogP contribution is 2.34. The van der Waals surface area contributed by atoms with E-state index in [4.69, 9.17) is 15.2 Å². The molecule has 1 saturated heterocycles. The van der Waals surface area contributed by atoms with Gasteiger partial charge >= 0.3 is 0 Å². The van der Waals surface area contributed by atoms with Crippen LogP contribution in [0.5, 0.6) is 11.5 Å². The van der Waals surface area contributed by atoms with E-state index < -0.39 is 11.9 Å². The molecule has 1 fully saturated rings. The number of hydrogen-bond donors (Lipinski definition) is 1. The summed E-state index contributed by atoms with van der Waals surface area (Å²) in [5.41, 5.74) is 8.00. The minimum Gasteiger partial charge on any atom is -0.497 e. The normalized spacial score (nSPS) is 15.9. The second-order valence-corrected chi connectivity index (χ2v) is 7.40. The highest BCUT2D eigenvalue weighted by molar-refractivity contribution is 6.04. The molecule has 0 bridgehead atoms. The Hall–Kier alpha value is -3.54. The van der Waals surface area contributed by atoms with Crippen molar-refractivity contribution in [3.63, 3.8) is 0 Å². The van der Waals surface area contributed by atoms with Crippen molar-refractivity contribution >= 4 is 22.6 Å². The van der Waals surface area contributed by atoms with Crippen LogP contribution in [-0.2, 0) is 4.79 Å². The Morgan fingerprint density at radius 2 is 1.73 bits per heavy atom. The number of carbonyl (C=O) groups excluding carboxylic acids is 2. The molecule has 0 aliphatic carbocycles. The van der Waals surface area contributed by atoms with Gasteiger partial charge in [0.25, 0.3) is 5.91 Å². The van der Waals surface area contributed by atoms with Crippen LogP contribution in [0.4, 0.5) is 0 Å². The van der Waals surface area contributed by atoms with Gasteiger partial charge in [0.15, 0.2) is 0 Å². The Labute approximate surface area is 175 Å². The Bertz CT molecular complexity index is 1100. The maximum Gasteiger partial charge on any atom is 0.254 e. The minimum absolute atomic E-state index is 0.161. The van der Waals surface area contributed by atoms with E-state index in [0.717, 1.165) is 28.3 Å². The number of ether oxygens (including phenoxy) is 2. The predicted molar refractivity (Wildman–Crippen MR) is 116 cm³/mol. The van der Waals surface area contributed by atoms with Gasteiger partial charge in [0, 0.05) is 18.2 Å². The van der Waals surface area contributed by atoms with Crippen molar-refractivity contribution < 1.29 is 19.1 Å². The summed E-state index contributed by atoms with van der Waals surface area (Å²) in [6, 6.07) is 16.8. The number of fused-ring (bicyclic) bond motifs is 1. The van der Waals surface area contributed by atoms with Crippen molar-refractivity contribution in [3.05, 3.63) is 60.2 Å². The third kappa shape index (κ3) is 3.56. The van der Waals surface area contributed by atoms with E-state index >= 15 is 0 Å². The van der Waals surface area contributed by atoms with Crippen LogP contribution < -0.4 is 15.2 Å². The lowest BCUT2D eigenvalue weighted by atomic mass is 9.96. The molecule has 3 aromatic carbocycles. The molecule has 3 aromatic rings. The summed E-state index contributed by atoms with van der Waals surface area (Å²) in [7, 11) is 3.24. The molecule has 2 amide bonds. The van der Waals surface area contributed by atoms with Gasteiger partial charge in [-0.15, -0.1) is 0 Å². The zero-order chi connectivity index (χ0) is 21.3. The van der Waals surface area contributed by atoms with Gasteiger partial charge in [-0.2, -0.15) is 0 Å². The number of nitrogens with zero attached hydrogens (tertiary/aromatic N) is 1. The summed E-state index contributed by atoms with van der Waals surface area (Å²) in [6.07, 6.45) is 1.41. The molecule has 0 aromatic heterocycles. The maximum atomic E-state index is 13.0. The monoisotopic (exact) mass is 404 g/mol. The lowest BCUT2D eigenvalue weighted by molar-refractivity contribution is -0.121. The summed E-state index contributed by atoms with van der Waals surface area (Å²) in [5.74, 6) is 0.807. The van der Waals surface area contributed by atoms with Crippen LogP contribution in [0.25, 0.3) is 21.9 Å². The summed E-state index contributed by atoms with van der Waals surface area (Å²) in [4.78, 5) is 26.3. The first-order valence-electron chi connectivity index (χ1n) is 9.88. The molecule has 4 rings (SSSR count). The molecule has 2 N–H and O–H groups in total. The van der Waals surface area contributed by atoms with Gasteiger partial charge in [-0.3, -0.25) is 9.59 Å². The zero-order valence-electron chi connectivity index (χ0n) is 17.1. The van der Waals surface area contributed by atoms with Gasteiger partial charge in [0.05, 0.1) is 14.2 Å². The van der Waals surface area contributed by atoms with Gasteiger partial charge in [-0.1, -0.05) is 24.3 Å². The number of amides is 2. The molecule has 30 heavy (non-hydrogen) atoms. The van der Waals surface area contributed by atoms with Gasteiger partial charge in [-0.05, 0) is 59.0 Å². The Balaban J connectivity index is 1.75. The molecule has 6 heteroatoms. The average molecular weight is 404 g/mol. The van der Waals surface area contributed by atoms with E-state index in [-0.39, 0.29) is 5.91 Å². The fourth-order valence-electron chi connectivity index (χ4n) is 4.10. The van der Waals surface area contributed by atoms with Gasteiger partial charge in [-0.25, -0.2) is 0 Å². The molecule has 1 heterocycles. The van der Waals surface area contributed by atoms with Crippen LogP contribution in [0.3, 0.4) is 0 Å². The van der Waals surface area contributed by atoms with Crippen molar-refractivity contribution in [3.8, 4) is 22.6 Å². The van der Waals surface area contributed by atoms with E-state index in [1.54, 1.807) is 19.1 Å². The molecule has 0 spiro atoms. The number of nitrogens with two attached hydrogens (primary N) is 1. The van der Waals surface area contributed by atoms with E-state index in [2.05, 4.69) is 0 Å². The number of likely N-dealkylation sites (tertiary alicyclic amines) is 1. The molecule has 0 unspecified atom stereocenters. The van der Waals surface area contributed by atoms with Crippen LogP contribution in [0.2, 0.25) is 0 Å².